The van der Waals surface area contributed by atoms with Gasteiger partial charge in [-0.15, -0.1) is 0 Å². The van der Waals surface area contributed by atoms with Crippen LogP contribution < -0.4 is 10.0 Å². The molecule has 2 N–H and O–H groups in total. The monoisotopic (exact) mass is 322 g/mol. The van der Waals surface area contributed by atoms with E-state index in [0.29, 0.717) is 6.42 Å². The summed E-state index contributed by atoms with van der Waals surface area (Å²) in [6.07, 6.45) is 2.37. The number of hydrogen-bond acceptors (Lipinski definition) is 3. The summed E-state index contributed by atoms with van der Waals surface area (Å²) in [7, 11) is -3.50. The predicted octanol–water partition coefficient (Wildman–Crippen LogP) is 3.00. The van der Waals surface area contributed by atoms with Crippen molar-refractivity contribution < 1.29 is 12.8 Å². The van der Waals surface area contributed by atoms with Crippen LogP contribution in [0.2, 0.25) is 5.02 Å². The molecule has 7 heteroatoms. The van der Waals surface area contributed by atoms with E-state index in [2.05, 4.69) is 17.0 Å². The molecule has 0 heterocycles. The third-order valence-corrected chi connectivity index (χ3v) is 4.32. The lowest BCUT2D eigenvalue weighted by atomic mass is 10.3. The van der Waals surface area contributed by atoms with Crippen LogP contribution in [0.4, 0.5) is 10.1 Å². The van der Waals surface area contributed by atoms with Crippen molar-refractivity contribution in [3.8, 4) is 0 Å². The number of benzene rings is 1. The normalized spacial score (nSPS) is 11.6. The van der Waals surface area contributed by atoms with Crippen LogP contribution in [0.3, 0.4) is 0 Å². The molecule has 1 rings (SSSR count). The van der Waals surface area contributed by atoms with Gasteiger partial charge in [0.05, 0.1) is 16.5 Å². The van der Waals surface area contributed by atoms with Gasteiger partial charge in [0.2, 0.25) is 10.0 Å². The van der Waals surface area contributed by atoms with Crippen LogP contribution in [0.15, 0.2) is 18.2 Å². The van der Waals surface area contributed by atoms with Crippen molar-refractivity contribution in [2.45, 2.75) is 26.2 Å². The Hall–Kier alpha value is -0.850. The first-order valence-corrected chi connectivity index (χ1v) is 8.64. The number of hydrogen-bond donors (Lipinski definition) is 2. The summed E-state index contributed by atoms with van der Waals surface area (Å²) < 4.78 is 39.0. The summed E-state index contributed by atoms with van der Waals surface area (Å²) in [6, 6.07) is 3.58. The molecule has 0 aromatic heterocycles. The van der Waals surface area contributed by atoms with Gasteiger partial charge >= 0.3 is 0 Å². The molecule has 0 spiro atoms. The summed E-state index contributed by atoms with van der Waals surface area (Å²) in [4.78, 5) is 0. The van der Waals surface area contributed by atoms with E-state index >= 15 is 0 Å². The van der Waals surface area contributed by atoms with Crippen LogP contribution in [0.25, 0.3) is 0 Å². The minimum atomic E-state index is -3.50. The standard InChI is InChI=1S/C13H20ClFN2O2S/c1-2-7-16-8-3-4-9-20(18,19)17-13-10-11(15)5-6-12(13)14/h5-6,10,16-17H,2-4,7-9H2,1H3. The fraction of sp³-hybridized carbons (Fsp3) is 0.538. The molecule has 0 amide bonds. The second kappa shape index (κ2) is 8.44. The average Bonchev–Trinajstić information content (AvgIpc) is 2.38. The Morgan fingerprint density at radius 2 is 2.00 bits per heavy atom. The molecule has 0 aliphatic rings. The van der Waals surface area contributed by atoms with Gasteiger partial charge in [-0.25, -0.2) is 12.8 Å². The van der Waals surface area contributed by atoms with Crippen molar-refractivity contribution in [1.82, 2.24) is 5.32 Å². The molecular formula is C13H20ClFN2O2S. The zero-order valence-corrected chi connectivity index (χ0v) is 13.0. The van der Waals surface area contributed by atoms with Crippen LogP contribution in [0.1, 0.15) is 26.2 Å². The summed E-state index contributed by atoms with van der Waals surface area (Å²) in [5.74, 6) is -0.538. The number of rotatable bonds is 9. The van der Waals surface area contributed by atoms with Crippen LogP contribution in [0, 0.1) is 5.82 Å². The summed E-state index contributed by atoms with van der Waals surface area (Å²) in [6.45, 7) is 3.80. The van der Waals surface area contributed by atoms with E-state index in [1.807, 2.05) is 0 Å². The fourth-order valence-corrected chi connectivity index (χ4v) is 3.05. The van der Waals surface area contributed by atoms with Crippen LogP contribution in [0.5, 0.6) is 0 Å². The van der Waals surface area contributed by atoms with Gasteiger partial charge in [-0.05, 0) is 50.6 Å². The molecule has 0 atom stereocenters. The van der Waals surface area contributed by atoms with E-state index in [1.54, 1.807) is 0 Å². The molecule has 0 unspecified atom stereocenters. The number of sulfonamides is 1. The van der Waals surface area contributed by atoms with Crippen LogP contribution in [-0.4, -0.2) is 27.3 Å². The first-order valence-electron chi connectivity index (χ1n) is 6.61. The zero-order chi connectivity index (χ0) is 15.0. The second-order valence-corrected chi connectivity index (χ2v) is 6.75. The molecule has 0 radical (unpaired) electrons. The summed E-state index contributed by atoms with van der Waals surface area (Å²) in [5.41, 5.74) is 0.0794. The smallest absolute Gasteiger partial charge is 0.232 e. The number of anilines is 1. The van der Waals surface area contributed by atoms with E-state index in [0.717, 1.165) is 32.0 Å². The molecule has 0 saturated heterocycles. The molecule has 0 bridgehead atoms. The summed E-state index contributed by atoms with van der Waals surface area (Å²) in [5, 5.41) is 3.38. The van der Waals surface area contributed by atoms with Crippen molar-refractivity contribution in [2.75, 3.05) is 23.6 Å². The SMILES string of the molecule is CCCNCCCCS(=O)(=O)Nc1cc(F)ccc1Cl. The molecule has 20 heavy (non-hydrogen) atoms. The highest BCUT2D eigenvalue weighted by Crippen LogP contribution is 2.23. The number of unbranched alkanes of at least 4 members (excludes halogenated alkanes) is 1. The minimum Gasteiger partial charge on any atom is -0.317 e. The maximum Gasteiger partial charge on any atom is 0.232 e. The lowest BCUT2D eigenvalue weighted by Crippen LogP contribution is -2.20. The van der Waals surface area contributed by atoms with Gasteiger partial charge < -0.3 is 5.32 Å². The quantitative estimate of drug-likeness (QED) is 0.687. The third-order valence-electron chi connectivity index (χ3n) is 2.64. The fourth-order valence-electron chi connectivity index (χ4n) is 1.64. The maximum absolute atomic E-state index is 13.0. The predicted molar refractivity (Wildman–Crippen MR) is 81.2 cm³/mol. The zero-order valence-electron chi connectivity index (χ0n) is 11.5. The molecule has 114 valence electrons. The number of nitrogens with one attached hydrogen (secondary N) is 2. The Kier molecular flexibility index (Phi) is 7.26. The largest absolute Gasteiger partial charge is 0.317 e. The van der Waals surface area contributed by atoms with Gasteiger partial charge in [-0.3, -0.25) is 4.72 Å². The van der Waals surface area contributed by atoms with E-state index in [-0.39, 0.29) is 16.5 Å². The molecular weight excluding hydrogens is 303 g/mol. The molecule has 0 aliphatic heterocycles. The van der Waals surface area contributed by atoms with Crippen molar-refractivity contribution in [3.63, 3.8) is 0 Å². The third kappa shape index (κ3) is 6.54. The highest BCUT2D eigenvalue weighted by atomic mass is 35.5. The highest BCUT2D eigenvalue weighted by molar-refractivity contribution is 7.92. The lowest BCUT2D eigenvalue weighted by molar-refractivity contribution is 0.590. The highest BCUT2D eigenvalue weighted by Gasteiger charge is 2.12. The van der Waals surface area contributed by atoms with Crippen LogP contribution >= 0.6 is 11.6 Å². The van der Waals surface area contributed by atoms with E-state index in [4.69, 9.17) is 11.6 Å². The second-order valence-electron chi connectivity index (χ2n) is 4.50. The van der Waals surface area contributed by atoms with Gasteiger partial charge in [0, 0.05) is 0 Å². The molecule has 0 aliphatic carbocycles. The van der Waals surface area contributed by atoms with Gasteiger partial charge in [-0.1, -0.05) is 18.5 Å². The first kappa shape index (κ1) is 17.2. The molecule has 1 aromatic carbocycles. The van der Waals surface area contributed by atoms with E-state index < -0.39 is 15.8 Å². The number of halogens is 2. The Morgan fingerprint density at radius 3 is 2.70 bits per heavy atom. The molecule has 0 saturated carbocycles. The average molecular weight is 323 g/mol. The minimum absolute atomic E-state index is 0.00630. The van der Waals surface area contributed by atoms with Gasteiger partial charge in [0.1, 0.15) is 5.82 Å². The van der Waals surface area contributed by atoms with Crippen molar-refractivity contribution in [1.29, 1.82) is 0 Å². The van der Waals surface area contributed by atoms with Gasteiger partial charge in [0.25, 0.3) is 0 Å². The summed E-state index contributed by atoms with van der Waals surface area (Å²) >= 11 is 5.82. The van der Waals surface area contributed by atoms with Gasteiger partial charge in [-0.2, -0.15) is 0 Å². The van der Waals surface area contributed by atoms with Crippen LogP contribution in [-0.2, 0) is 10.0 Å². The molecule has 4 nitrogen and oxygen atoms in total. The Morgan fingerprint density at radius 1 is 1.25 bits per heavy atom. The van der Waals surface area contributed by atoms with Crippen molar-refractivity contribution in [3.05, 3.63) is 29.0 Å². The molecule has 1 aromatic rings. The van der Waals surface area contributed by atoms with E-state index in [9.17, 15) is 12.8 Å². The van der Waals surface area contributed by atoms with Crippen molar-refractivity contribution >= 4 is 27.3 Å². The Labute approximate surface area is 124 Å². The molecule has 0 fully saturated rings. The van der Waals surface area contributed by atoms with Crippen molar-refractivity contribution in [2.24, 2.45) is 0 Å². The topological polar surface area (TPSA) is 58.2 Å². The Balaban J connectivity index is 2.43. The maximum atomic E-state index is 13.0. The Bertz CT molecular complexity index is 523. The van der Waals surface area contributed by atoms with Gasteiger partial charge in [0.15, 0.2) is 0 Å². The first-order chi connectivity index (χ1) is 9.44. The lowest BCUT2D eigenvalue weighted by Gasteiger charge is -2.09. The van der Waals surface area contributed by atoms with E-state index in [1.165, 1.54) is 12.1 Å².